The summed E-state index contributed by atoms with van der Waals surface area (Å²) in [5.41, 5.74) is 3.18. The highest BCUT2D eigenvalue weighted by Crippen LogP contribution is 2.24. The van der Waals surface area contributed by atoms with Crippen LogP contribution in [0.4, 0.5) is 0 Å². The largest absolute Gasteiger partial charge is 0.486 e. The summed E-state index contributed by atoms with van der Waals surface area (Å²) in [4.78, 5) is 6.40. The van der Waals surface area contributed by atoms with E-state index in [4.69, 9.17) is 9.26 Å². The van der Waals surface area contributed by atoms with Crippen LogP contribution in [-0.4, -0.2) is 31.8 Å². The molecule has 0 saturated carbocycles. The van der Waals surface area contributed by atoms with E-state index in [2.05, 4.69) is 25.2 Å². The number of aromatic nitrogens is 4. The van der Waals surface area contributed by atoms with Crippen LogP contribution in [0.25, 0.3) is 0 Å². The minimum Gasteiger partial charge on any atom is -0.486 e. The van der Waals surface area contributed by atoms with Crippen LogP contribution in [0, 0.1) is 0 Å². The number of hydrogen-bond acceptors (Lipinski definition) is 6. The molecule has 0 unspecified atom stereocenters. The Kier molecular flexibility index (Phi) is 3.77. The molecule has 0 fully saturated rings. The molecule has 0 aliphatic carbocycles. The third-order valence-corrected chi connectivity index (χ3v) is 3.96. The summed E-state index contributed by atoms with van der Waals surface area (Å²) in [7, 11) is 0. The van der Waals surface area contributed by atoms with E-state index >= 15 is 0 Å². The first-order chi connectivity index (χ1) is 11.4. The van der Waals surface area contributed by atoms with Crippen molar-refractivity contribution in [1.82, 2.24) is 25.2 Å². The number of nitrogens with zero attached hydrogens (tertiary/aromatic N) is 4. The van der Waals surface area contributed by atoms with Gasteiger partial charge in [0, 0.05) is 49.6 Å². The standard InChI is InChI=1S/C16H17N5O2/c1-2-13(8-17-4-1)22-11-15-14-10-21(5-3-16(14)23-20-15)9-12-6-18-19-7-12/h1-2,4,6-8H,3,5,9-11H2,(H,18,19). The molecule has 3 aromatic heterocycles. The summed E-state index contributed by atoms with van der Waals surface area (Å²) >= 11 is 0. The highest BCUT2D eigenvalue weighted by atomic mass is 16.5. The lowest BCUT2D eigenvalue weighted by Crippen LogP contribution is -2.29. The molecule has 0 saturated heterocycles. The molecule has 0 amide bonds. The van der Waals surface area contributed by atoms with Crippen molar-refractivity contribution in [3.8, 4) is 5.75 Å². The van der Waals surface area contributed by atoms with Crippen LogP contribution < -0.4 is 4.74 Å². The topological polar surface area (TPSA) is 80.1 Å². The van der Waals surface area contributed by atoms with Crippen LogP contribution in [0.2, 0.25) is 0 Å². The van der Waals surface area contributed by atoms with E-state index in [1.807, 2.05) is 24.5 Å². The number of fused-ring (bicyclic) bond motifs is 1. The van der Waals surface area contributed by atoms with Gasteiger partial charge >= 0.3 is 0 Å². The van der Waals surface area contributed by atoms with Gasteiger partial charge < -0.3 is 9.26 Å². The Balaban J connectivity index is 1.44. The number of aromatic amines is 1. The van der Waals surface area contributed by atoms with Crippen LogP contribution in [0.5, 0.6) is 5.75 Å². The predicted octanol–water partition coefficient (Wildman–Crippen LogP) is 1.93. The summed E-state index contributed by atoms with van der Waals surface area (Å²) < 4.78 is 11.2. The molecule has 0 atom stereocenters. The Morgan fingerprint density at radius 1 is 1.35 bits per heavy atom. The fourth-order valence-electron chi connectivity index (χ4n) is 2.77. The van der Waals surface area contributed by atoms with Gasteiger partial charge in [-0.3, -0.25) is 15.0 Å². The SMILES string of the molecule is c1cncc(OCc2noc3c2CN(Cc2cn[nH]c2)CC3)c1. The van der Waals surface area contributed by atoms with Gasteiger partial charge in [0.05, 0.1) is 12.4 Å². The second-order valence-corrected chi connectivity index (χ2v) is 5.58. The molecule has 0 spiro atoms. The molecule has 1 aliphatic heterocycles. The molecule has 1 aliphatic rings. The maximum Gasteiger partial charge on any atom is 0.142 e. The number of pyridine rings is 1. The number of rotatable bonds is 5. The van der Waals surface area contributed by atoms with Crippen LogP contribution in [0.3, 0.4) is 0 Å². The average Bonchev–Trinajstić information content (AvgIpc) is 3.23. The number of hydrogen-bond donors (Lipinski definition) is 1. The second-order valence-electron chi connectivity index (χ2n) is 5.58. The van der Waals surface area contributed by atoms with Crippen molar-refractivity contribution in [3.63, 3.8) is 0 Å². The van der Waals surface area contributed by atoms with Crippen LogP contribution in [0.1, 0.15) is 22.6 Å². The van der Waals surface area contributed by atoms with Gasteiger partial charge in [0.1, 0.15) is 23.8 Å². The number of H-pyrrole nitrogens is 1. The highest BCUT2D eigenvalue weighted by Gasteiger charge is 2.24. The average molecular weight is 311 g/mol. The van der Waals surface area contributed by atoms with E-state index in [9.17, 15) is 0 Å². The normalized spacial score (nSPS) is 14.6. The van der Waals surface area contributed by atoms with Gasteiger partial charge in [-0.1, -0.05) is 5.16 Å². The molecule has 3 aromatic rings. The predicted molar refractivity (Wildman–Crippen MR) is 81.5 cm³/mol. The molecular formula is C16H17N5O2. The molecule has 4 heterocycles. The zero-order valence-corrected chi connectivity index (χ0v) is 12.6. The summed E-state index contributed by atoms with van der Waals surface area (Å²) in [5.74, 6) is 1.70. The van der Waals surface area contributed by atoms with Gasteiger partial charge in [0.25, 0.3) is 0 Å². The van der Waals surface area contributed by atoms with Crippen molar-refractivity contribution in [2.24, 2.45) is 0 Å². The van der Waals surface area contributed by atoms with Crippen molar-refractivity contribution in [1.29, 1.82) is 0 Å². The van der Waals surface area contributed by atoms with E-state index in [1.54, 1.807) is 12.4 Å². The Morgan fingerprint density at radius 2 is 2.35 bits per heavy atom. The summed E-state index contributed by atoms with van der Waals surface area (Å²) in [6, 6.07) is 3.73. The first-order valence-corrected chi connectivity index (χ1v) is 7.57. The van der Waals surface area contributed by atoms with Crippen LogP contribution in [0.15, 0.2) is 41.4 Å². The summed E-state index contributed by atoms with van der Waals surface area (Å²) in [6.07, 6.45) is 8.06. The van der Waals surface area contributed by atoms with Gasteiger partial charge in [0.2, 0.25) is 0 Å². The molecule has 118 valence electrons. The highest BCUT2D eigenvalue weighted by molar-refractivity contribution is 5.26. The zero-order chi connectivity index (χ0) is 15.5. The van der Waals surface area contributed by atoms with Crippen molar-refractivity contribution in [2.45, 2.75) is 26.1 Å². The quantitative estimate of drug-likeness (QED) is 0.775. The smallest absolute Gasteiger partial charge is 0.142 e. The van der Waals surface area contributed by atoms with Gasteiger partial charge in [-0.25, -0.2) is 0 Å². The lowest BCUT2D eigenvalue weighted by atomic mass is 10.1. The summed E-state index contributed by atoms with van der Waals surface area (Å²) in [5, 5.41) is 11.0. The van der Waals surface area contributed by atoms with E-state index < -0.39 is 0 Å². The van der Waals surface area contributed by atoms with Gasteiger partial charge in [0.15, 0.2) is 0 Å². The molecule has 1 N–H and O–H groups in total. The fraction of sp³-hybridized carbons (Fsp3) is 0.312. The van der Waals surface area contributed by atoms with Crippen molar-refractivity contribution >= 4 is 0 Å². The minimum atomic E-state index is 0.393. The number of nitrogens with one attached hydrogen (secondary N) is 1. The third kappa shape index (κ3) is 3.09. The molecule has 23 heavy (non-hydrogen) atoms. The lowest BCUT2D eigenvalue weighted by Gasteiger charge is -2.25. The fourth-order valence-corrected chi connectivity index (χ4v) is 2.77. The van der Waals surface area contributed by atoms with Crippen LogP contribution in [-0.2, 0) is 26.1 Å². The molecule has 0 radical (unpaired) electrons. The van der Waals surface area contributed by atoms with Crippen molar-refractivity contribution in [2.75, 3.05) is 6.54 Å². The van der Waals surface area contributed by atoms with Crippen LogP contribution >= 0.6 is 0 Å². The van der Waals surface area contributed by atoms with E-state index in [0.717, 1.165) is 48.8 Å². The monoisotopic (exact) mass is 311 g/mol. The van der Waals surface area contributed by atoms with Gasteiger partial charge in [-0.15, -0.1) is 0 Å². The number of ether oxygens (including phenoxy) is 1. The second kappa shape index (κ2) is 6.21. The third-order valence-electron chi connectivity index (χ3n) is 3.96. The Hall–Kier alpha value is -2.67. The minimum absolute atomic E-state index is 0.393. The maximum atomic E-state index is 5.74. The van der Waals surface area contributed by atoms with E-state index in [1.165, 1.54) is 5.56 Å². The lowest BCUT2D eigenvalue weighted by molar-refractivity contribution is 0.228. The van der Waals surface area contributed by atoms with Gasteiger partial charge in [-0.05, 0) is 12.1 Å². The molecule has 7 nitrogen and oxygen atoms in total. The molecule has 7 heteroatoms. The first kappa shape index (κ1) is 14.0. The van der Waals surface area contributed by atoms with Gasteiger partial charge in [-0.2, -0.15) is 5.10 Å². The van der Waals surface area contributed by atoms with E-state index in [0.29, 0.717) is 6.61 Å². The molecule has 0 bridgehead atoms. The molecule has 0 aromatic carbocycles. The molecule has 4 rings (SSSR count). The Labute approximate surface area is 133 Å². The summed E-state index contributed by atoms with van der Waals surface area (Å²) in [6.45, 7) is 3.03. The van der Waals surface area contributed by atoms with Crippen molar-refractivity contribution < 1.29 is 9.26 Å². The Morgan fingerprint density at radius 3 is 3.17 bits per heavy atom. The van der Waals surface area contributed by atoms with Crippen molar-refractivity contribution in [3.05, 3.63) is 59.5 Å². The first-order valence-electron chi connectivity index (χ1n) is 7.57. The molecular weight excluding hydrogens is 294 g/mol. The zero-order valence-electron chi connectivity index (χ0n) is 12.6. The Bertz CT molecular complexity index is 754. The maximum absolute atomic E-state index is 5.74. The van der Waals surface area contributed by atoms with E-state index in [-0.39, 0.29) is 0 Å².